The molecule has 0 amide bonds. The molecule has 1 aliphatic heterocycles. The third-order valence-corrected chi connectivity index (χ3v) is 12.8. The van der Waals surface area contributed by atoms with Crippen LogP contribution in [-0.4, -0.2) is 111 Å². The number of esters is 2. The first kappa shape index (κ1) is 58.9. The number of allylic oxidation sites excluding steroid dienone is 7. The molecule has 14 nitrogen and oxygen atoms in total. The number of ether oxygens (including phenoxy) is 3. The van der Waals surface area contributed by atoms with E-state index in [0.29, 0.717) is 25.0 Å². The second-order valence-electron chi connectivity index (χ2n) is 17.7. The van der Waals surface area contributed by atoms with E-state index in [1.165, 1.54) is 51.4 Å². The van der Waals surface area contributed by atoms with E-state index in [2.05, 4.69) is 62.5 Å². The molecule has 2 rings (SSSR count). The van der Waals surface area contributed by atoms with Gasteiger partial charge in [-0.2, -0.15) is 0 Å². The standard InChI is InChI=1S/C50H87O14P/c1-3-5-7-8-9-10-11-12-13-14-15-16-17-18-19-20-21-26-29-33-37-44(52)62-40(39-61-65(58,59)64-50-48(56)46(54)45(53)47(55)49(50)57)38-60-43(51)36-32-28-25-23-22-24-27-31-35-42-41(63-42)34-30-6-4-2/h10-11,13-14,16-17,27,31,40-42,45-50,53-57H,3-9,12,15,18-26,28-30,32-39H2,1-2H3,(H,58,59)/b11-10-,14-13-,17-16-,31-27-/t40-,41?,42?,45?,46-,47+,48-,49-,50?/m1/s1. The lowest BCUT2D eigenvalue weighted by Gasteiger charge is -2.41. The highest BCUT2D eigenvalue weighted by molar-refractivity contribution is 7.47. The molecule has 0 aromatic carbocycles. The maximum absolute atomic E-state index is 12.8. The van der Waals surface area contributed by atoms with Gasteiger partial charge in [-0.3, -0.25) is 18.6 Å². The van der Waals surface area contributed by atoms with Gasteiger partial charge in [0.1, 0.15) is 43.2 Å². The summed E-state index contributed by atoms with van der Waals surface area (Å²) < 4.78 is 39.3. The van der Waals surface area contributed by atoms with Crippen LogP contribution in [0.2, 0.25) is 0 Å². The van der Waals surface area contributed by atoms with E-state index in [9.17, 15) is 44.6 Å². The molecule has 1 aliphatic carbocycles. The number of carbonyl (C=O) groups is 2. The molecule has 1 saturated carbocycles. The van der Waals surface area contributed by atoms with Crippen LogP contribution in [0.3, 0.4) is 0 Å². The molecule has 1 heterocycles. The lowest BCUT2D eigenvalue weighted by atomic mass is 9.85. The van der Waals surface area contributed by atoms with Crippen molar-refractivity contribution in [2.45, 2.75) is 242 Å². The predicted molar refractivity (Wildman–Crippen MR) is 253 cm³/mol. The highest BCUT2D eigenvalue weighted by Crippen LogP contribution is 2.47. The SMILES string of the molecule is CCCCCC/C=C\C/C=C\C/C=C\CCCCCCCCC(=O)O[C@H](COC(=O)CCCCCCC/C=C\CC1OC1CCCCC)COP(=O)(O)OC1[C@H](O)[C@H](O)C(O)[C@H](O)[C@H]1O. The first-order valence-corrected chi connectivity index (χ1v) is 26.6. The molecule has 1 saturated heterocycles. The third kappa shape index (κ3) is 28.6. The van der Waals surface area contributed by atoms with E-state index >= 15 is 0 Å². The number of phosphoric acid groups is 1. The Balaban J connectivity index is 1.68. The van der Waals surface area contributed by atoms with Crippen molar-refractivity contribution in [3.8, 4) is 0 Å². The summed E-state index contributed by atoms with van der Waals surface area (Å²) in [6, 6.07) is 0. The molecule has 10 atom stereocenters. The molecular formula is C50H87O14P. The first-order chi connectivity index (χ1) is 31.4. The Bertz CT molecular complexity index is 1390. The van der Waals surface area contributed by atoms with Gasteiger partial charge in [-0.25, -0.2) is 4.57 Å². The minimum absolute atomic E-state index is 0.0750. The Morgan fingerprint density at radius 2 is 1.02 bits per heavy atom. The Kier molecular flexibility index (Phi) is 33.3. The Labute approximate surface area is 390 Å². The van der Waals surface area contributed by atoms with Crippen molar-refractivity contribution in [2.75, 3.05) is 13.2 Å². The zero-order valence-corrected chi connectivity index (χ0v) is 40.6. The molecular weight excluding hydrogens is 856 g/mol. The number of carbonyl (C=O) groups excluding carboxylic acids is 2. The normalized spacial score (nSPS) is 24.9. The molecule has 6 N–H and O–H groups in total. The topological polar surface area (TPSA) is 222 Å². The average molecular weight is 943 g/mol. The molecule has 376 valence electrons. The van der Waals surface area contributed by atoms with Crippen LogP contribution >= 0.6 is 7.82 Å². The summed E-state index contributed by atoms with van der Waals surface area (Å²) in [6.45, 7) is 3.23. The smallest absolute Gasteiger partial charge is 0.462 e. The van der Waals surface area contributed by atoms with Gasteiger partial charge in [0.15, 0.2) is 6.10 Å². The van der Waals surface area contributed by atoms with Crippen LogP contribution in [-0.2, 0) is 37.4 Å². The molecule has 0 aromatic heterocycles. The summed E-state index contributed by atoms with van der Waals surface area (Å²) in [5.74, 6) is -1.14. The largest absolute Gasteiger partial charge is 0.472 e. The Hall–Kier alpha value is -2.23. The van der Waals surface area contributed by atoms with E-state index < -0.39 is 75.7 Å². The molecule has 2 fully saturated rings. The first-order valence-electron chi connectivity index (χ1n) is 25.1. The van der Waals surface area contributed by atoms with Gasteiger partial charge in [-0.15, -0.1) is 0 Å². The maximum atomic E-state index is 12.8. The van der Waals surface area contributed by atoms with Gasteiger partial charge in [-0.05, 0) is 77.0 Å². The molecule has 0 bridgehead atoms. The minimum atomic E-state index is -5.13. The molecule has 2 aliphatic rings. The number of rotatable bonds is 40. The average Bonchev–Trinajstić information content (AvgIpc) is 4.05. The van der Waals surface area contributed by atoms with E-state index in [-0.39, 0.29) is 12.8 Å². The van der Waals surface area contributed by atoms with Crippen molar-refractivity contribution >= 4 is 19.8 Å². The monoisotopic (exact) mass is 943 g/mol. The fraction of sp³-hybridized carbons (Fsp3) is 0.800. The Morgan fingerprint density at radius 1 is 0.554 bits per heavy atom. The van der Waals surface area contributed by atoms with Gasteiger partial charge in [0.2, 0.25) is 0 Å². The fourth-order valence-corrected chi connectivity index (χ4v) is 8.63. The van der Waals surface area contributed by atoms with Crippen LogP contribution in [0.5, 0.6) is 0 Å². The van der Waals surface area contributed by atoms with Crippen molar-refractivity contribution in [3.05, 3.63) is 48.6 Å². The summed E-state index contributed by atoms with van der Waals surface area (Å²) in [7, 11) is -5.13. The third-order valence-electron chi connectivity index (χ3n) is 11.8. The minimum Gasteiger partial charge on any atom is -0.462 e. The number of epoxide rings is 1. The van der Waals surface area contributed by atoms with Crippen LogP contribution < -0.4 is 0 Å². The number of phosphoric ester groups is 1. The maximum Gasteiger partial charge on any atom is 0.472 e. The molecule has 65 heavy (non-hydrogen) atoms. The van der Waals surface area contributed by atoms with Crippen molar-refractivity contribution in [3.63, 3.8) is 0 Å². The Morgan fingerprint density at radius 3 is 1.58 bits per heavy atom. The lowest BCUT2D eigenvalue weighted by Crippen LogP contribution is -2.64. The quantitative estimate of drug-likeness (QED) is 0.0111. The zero-order chi connectivity index (χ0) is 47.5. The van der Waals surface area contributed by atoms with E-state index in [4.69, 9.17) is 23.3 Å². The van der Waals surface area contributed by atoms with Gasteiger partial charge in [0, 0.05) is 12.8 Å². The molecule has 0 aromatic rings. The van der Waals surface area contributed by atoms with E-state index in [1.54, 1.807) is 0 Å². The van der Waals surface area contributed by atoms with Crippen molar-refractivity contribution in [2.24, 2.45) is 0 Å². The number of hydrogen-bond donors (Lipinski definition) is 6. The van der Waals surface area contributed by atoms with E-state index in [1.807, 2.05) is 0 Å². The second kappa shape index (κ2) is 36.8. The van der Waals surface area contributed by atoms with Crippen LogP contribution in [0.4, 0.5) is 0 Å². The van der Waals surface area contributed by atoms with Crippen molar-refractivity contribution in [1.29, 1.82) is 0 Å². The number of aliphatic hydroxyl groups excluding tert-OH is 5. The summed E-state index contributed by atoms with van der Waals surface area (Å²) in [6.07, 6.45) is 31.8. The number of aliphatic hydroxyl groups is 5. The summed E-state index contributed by atoms with van der Waals surface area (Å²) in [5, 5.41) is 50.2. The van der Waals surface area contributed by atoms with Gasteiger partial charge >= 0.3 is 19.8 Å². The second-order valence-corrected chi connectivity index (χ2v) is 19.1. The summed E-state index contributed by atoms with van der Waals surface area (Å²) in [5.41, 5.74) is 0. The molecule has 0 radical (unpaired) electrons. The molecule has 0 spiro atoms. The van der Waals surface area contributed by atoms with Crippen LogP contribution in [0.25, 0.3) is 0 Å². The predicted octanol–water partition coefficient (Wildman–Crippen LogP) is 9.33. The van der Waals surface area contributed by atoms with Crippen molar-refractivity contribution < 1.29 is 67.8 Å². The molecule has 15 heteroatoms. The number of hydrogen-bond acceptors (Lipinski definition) is 13. The van der Waals surface area contributed by atoms with Crippen molar-refractivity contribution in [1.82, 2.24) is 0 Å². The van der Waals surface area contributed by atoms with Gasteiger partial charge in [0.05, 0.1) is 18.8 Å². The zero-order valence-electron chi connectivity index (χ0n) is 39.7. The highest BCUT2D eigenvalue weighted by atomic mass is 31.2. The van der Waals surface area contributed by atoms with Gasteiger partial charge in [-0.1, -0.05) is 146 Å². The van der Waals surface area contributed by atoms with Crippen LogP contribution in [0.15, 0.2) is 48.6 Å². The van der Waals surface area contributed by atoms with Gasteiger partial charge < -0.3 is 44.6 Å². The summed E-state index contributed by atoms with van der Waals surface area (Å²) >= 11 is 0. The van der Waals surface area contributed by atoms with Crippen LogP contribution in [0, 0.1) is 0 Å². The number of unbranched alkanes of at least 4 members (excludes halogenated alkanes) is 17. The van der Waals surface area contributed by atoms with Crippen LogP contribution in [0.1, 0.15) is 187 Å². The van der Waals surface area contributed by atoms with Gasteiger partial charge in [0.25, 0.3) is 0 Å². The van der Waals surface area contributed by atoms with E-state index in [0.717, 1.165) is 96.3 Å². The fourth-order valence-electron chi connectivity index (χ4n) is 7.65. The molecule has 5 unspecified atom stereocenters. The lowest BCUT2D eigenvalue weighted by molar-refractivity contribution is -0.220. The summed E-state index contributed by atoms with van der Waals surface area (Å²) in [4.78, 5) is 35.8. The highest BCUT2D eigenvalue weighted by Gasteiger charge is 2.51.